The van der Waals surface area contributed by atoms with Crippen LogP contribution in [0.1, 0.15) is 90.4 Å². The van der Waals surface area contributed by atoms with Crippen LogP contribution >= 0.6 is 31.9 Å². The van der Waals surface area contributed by atoms with E-state index in [0.29, 0.717) is 5.33 Å². The number of carbonyl (C=O) groups is 1. The lowest BCUT2D eigenvalue weighted by Gasteiger charge is -2.21. The predicted molar refractivity (Wildman–Crippen MR) is 103 cm³/mol. The zero-order valence-electron chi connectivity index (χ0n) is 14.5. The number of methoxy groups -OCH3 is 1. The smallest absolute Gasteiger partial charge is 0.323 e. The van der Waals surface area contributed by atoms with Gasteiger partial charge in [0.15, 0.2) is 0 Å². The molecular weight excluding hydrogens is 408 g/mol. The summed E-state index contributed by atoms with van der Waals surface area (Å²) in [5.41, 5.74) is 0. The highest BCUT2D eigenvalue weighted by Crippen LogP contribution is 2.29. The zero-order valence-corrected chi connectivity index (χ0v) is 17.6. The van der Waals surface area contributed by atoms with Gasteiger partial charge in [-0.25, -0.2) is 0 Å². The molecule has 0 saturated carbocycles. The van der Waals surface area contributed by atoms with Crippen LogP contribution in [-0.4, -0.2) is 22.7 Å². The number of hydrogen-bond donors (Lipinski definition) is 0. The fourth-order valence-electron chi connectivity index (χ4n) is 2.65. The van der Waals surface area contributed by atoms with Gasteiger partial charge in [-0.1, -0.05) is 116 Å². The number of alkyl halides is 2. The van der Waals surface area contributed by atoms with Crippen LogP contribution in [0.2, 0.25) is 0 Å². The minimum Gasteiger partial charge on any atom is -0.468 e. The number of halogens is 2. The minimum absolute atomic E-state index is 0.174. The molecule has 0 fully saturated rings. The Hall–Kier alpha value is 0.430. The molecule has 0 amide bonds. The van der Waals surface area contributed by atoms with Crippen molar-refractivity contribution in [3.8, 4) is 0 Å². The molecule has 0 aliphatic heterocycles. The summed E-state index contributed by atoms with van der Waals surface area (Å²) in [6.45, 7) is 2.27. The largest absolute Gasteiger partial charge is 0.468 e. The quantitative estimate of drug-likeness (QED) is 0.159. The van der Waals surface area contributed by atoms with Gasteiger partial charge in [0.1, 0.15) is 4.32 Å². The summed E-state index contributed by atoms with van der Waals surface area (Å²) in [7, 11) is 1.45. The number of rotatable bonds is 15. The molecule has 0 unspecified atom stereocenters. The third-order valence-electron chi connectivity index (χ3n) is 4.19. The van der Waals surface area contributed by atoms with E-state index in [1.165, 1.54) is 77.7 Å². The van der Waals surface area contributed by atoms with Crippen molar-refractivity contribution in [3.63, 3.8) is 0 Å². The van der Waals surface area contributed by atoms with Crippen LogP contribution in [-0.2, 0) is 9.53 Å². The lowest BCUT2D eigenvalue weighted by Crippen LogP contribution is -2.34. The topological polar surface area (TPSA) is 26.3 Å². The molecule has 0 aromatic rings. The van der Waals surface area contributed by atoms with Crippen molar-refractivity contribution in [2.45, 2.75) is 94.7 Å². The van der Waals surface area contributed by atoms with Gasteiger partial charge in [0.25, 0.3) is 0 Å². The standard InChI is InChI=1S/C18H34Br2O2/c1-3-4-5-6-7-8-9-10-11-12-13-14-15-18(20,16-19)17(21)22-2/h3-16H2,1-2H3/t18-/m1/s1. The second-order valence-electron chi connectivity index (χ2n) is 6.23. The van der Waals surface area contributed by atoms with Crippen LogP contribution in [0.3, 0.4) is 0 Å². The summed E-state index contributed by atoms with van der Waals surface area (Å²) in [6.07, 6.45) is 16.9. The van der Waals surface area contributed by atoms with Gasteiger partial charge in [-0.15, -0.1) is 0 Å². The Balaban J connectivity index is 3.41. The highest BCUT2D eigenvalue weighted by Gasteiger charge is 2.34. The molecular formula is C18H34Br2O2. The Morgan fingerprint density at radius 3 is 1.64 bits per heavy atom. The molecule has 0 aromatic heterocycles. The highest BCUT2D eigenvalue weighted by molar-refractivity contribution is 9.12. The number of unbranched alkanes of at least 4 members (excludes halogenated alkanes) is 11. The third-order valence-corrected chi connectivity index (χ3v) is 6.90. The first-order chi connectivity index (χ1) is 10.6. The molecule has 0 spiro atoms. The molecule has 132 valence electrons. The molecule has 0 radical (unpaired) electrons. The van der Waals surface area contributed by atoms with E-state index in [0.717, 1.165) is 12.8 Å². The molecule has 0 aromatic carbocycles. The Morgan fingerprint density at radius 1 is 0.864 bits per heavy atom. The summed E-state index contributed by atoms with van der Waals surface area (Å²) in [6, 6.07) is 0. The van der Waals surface area contributed by atoms with E-state index in [1.54, 1.807) is 0 Å². The van der Waals surface area contributed by atoms with E-state index in [-0.39, 0.29) is 5.97 Å². The Kier molecular flexibility index (Phi) is 15.3. The molecule has 0 aliphatic rings. The van der Waals surface area contributed by atoms with Crippen molar-refractivity contribution >= 4 is 37.8 Å². The van der Waals surface area contributed by atoms with Crippen LogP contribution < -0.4 is 0 Å². The van der Waals surface area contributed by atoms with Gasteiger partial charge in [0.05, 0.1) is 7.11 Å². The van der Waals surface area contributed by atoms with Crippen LogP contribution in [0.15, 0.2) is 0 Å². The lowest BCUT2D eigenvalue weighted by atomic mass is 10.0. The third kappa shape index (κ3) is 11.0. The predicted octanol–water partition coefficient (Wildman–Crippen LogP) is 6.78. The summed E-state index contributed by atoms with van der Waals surface area (Å²) in [5, 5.41) is 0.602. The molecule has 0 aliphatic carbocycles. The van der Waals surface area contributed by atoms with Gasteiger partial charge >= 0.3 is 5.97 Å². The van der Waals surface area contributed by atoms with Crippen LogP contribution in [0.25, 0.3) is 0 Å². The molecule has 0 rings (SSSR count). The average molecular weight is 442 g/mol. The van der Waals surface area contributed by atoms with Crippen molar-refractivity contribution in [2.75, 3.05) is 12.4 Å². The normalized spacial score (nSPS) is 13.8. The molecule has 1 atom stereocenters. The molecule has 2 nitrogen and oxygen atoms in total. The Bertz CT molecular complexity index is 272. The van der Waals surface area contributed by atoms with Crippen molar-refractivity contribution in [2.24, 2.45) is 0 Å². The maximum Gasteiger partial charge on any atom is 0.323 e. The van der Waals surface area contributed by atoms with Crippen LogP contribution in [0.4, 0.5) is 0 Å². The summed E-state index contributed by atoms with van der Waals surface area (Å²) in [5.74, 6) is -0.174. The molecule has 0 heterocycles. The van der Waals surface area contributed by atoms with E-state index < -0.39 is 4.32 Å². The van der Waals surface area contributed by atoms with Gasteiger partial charge in [-0.05, 0) is 6.42 Å². The molecule has 22 heavy (non-hydrogen) atoms. The van der Waals surface area contributed by atoms with E-state index in [1.807, 2.05) is 0 Å². The van der Waals surface area contributed by atoms with Crippen molar-refractivity contribution in [1.29, 1.82) is 0 Å². The second-order valence-corrected chi connectivity index (χ2v) is 8.31. The number of esters is 1. The molecule has 0 saturated heterocycles. The molecule has 4 heteroatoms. The van der Waals surface area contributed by atoms with E-state index >= 15 is 0 Å². The van der Waals surface area contributed by atoms with Crippen molar-refractivity contribution in [1.82, 2.24) is 0 Å². The fraction of sp³-hybridized carbons (Fsp3) is 0.944. The molecule has 0 N–H and O–H groups in total. The van der Waals surface area contributed by atoms with Gasteiger partial charge in [0.2, 0.25) is 0 Å². The number of ether oxygens (including phenoxy) is 1. The maximum atomic E-state index is 11.7. The van der Waals surface area contributed by atoms with E-state index in [9.17, 15) is 4.79 Å². The fourth-order valence-corrected chi connectivity index (χ4v) is 3.60. The monoisotopic (exact) mass is 440 g/mol. The molecule has 0 bridgehead atoms. The summed E-state index contributed by atoms with van der Waals surface area (Å²) >= 11 is 6.92. The van der Waals surface area contributed by atoms with Gasteiger partial charge < -0.3 is 4.74 Å². The Morgan fingerprint density at radius 2 is 1.27 bits per heavy atom. The van der Waals surface area contributed by atoms with Gasteiger partial charge in [-0.3, -0.25) is 4.79 Å². The van der Waals surface area contributed by atoms with Gasteiger partial charge in [0, 0.05) is 5.33 Å². The van der Waals surface area contributed by atoms with Gasteiger partial charge in [-0.2, -0.15) is 0 Å². The lowest BCUT2D eigenvalue weighted by molar-refractivity contribution is -0.142. The van der Waals surface area contributed by atoms with Crippen molar-refractivity contribution < 1.29 is 9.53 Å². The highest BCUT2D eigenvalue weighted by atomic mass is 79.9. The van der Waals surface area contributed by atoms with E-state index in [4.69, 9.17) is 4.74 Å². The van der Waals surface area contributed by atoms with Crippen molar-refractivity contribution in [3.05, 3.63) is 0 Å². The first-order valence-corrected chi connectivity index (χ1v) is 10.9. The number of carbonyl (C=O) groups excluding carboxylic acids is 1. The van der Waals surface area contributed by atoms with E-state index in [2.05, 4.69) is 38.8 Å². The van der Waals surface area contributed by atoms with Crippen LogP contribution in [0, 0.1) is 0 Å². The summed E-state index contributed by atoms with van der Waals surface area (Å²) < 4.78 is 4.31. The average Bonchev–Trinajstić information content (AvgIpc) is 2.54. The SMILES string of the molecule is CCCCCCCCCCCCCC[C@@](Br)(CBr)C(=O)OC. The first-order valence-electron chi connectivity index (χ1n) is 8.94. The minimum atomic E-state index is -0.541. The second kappa shape index (κ2) is 15.0. The first kappa shape index (κ1) is 22.4. The van der Waals surface area contributed by atoms with Crippen LogP contribution in [0.5, 0.6) is 0 Å². The Labute approximate surface area is 154 Å². The summed E-state index contributed by atoms with van der Waals surface area (Å²) in [4.78, 5) is 11.7. The maximum absolute atomic E-state index is 11.7. The number of hydrogen-bond acceptors (Lipinski definition) is 2. The zero-order chi connectivity index (χ0) is 16.7.